The summed E-state index contributed by atoms with van der Waals surface area (Å²) in [6.45, 7) is 1.51. The molecule has 0 N–H and O–H groups in total. The summed E-state index contributed by atoms with van der Waals surface area (Å²) < 4.78 is 7.80. The Balaban J connectivity index is 1.50. The number of hydrogen-bond donors (Lipinski definition) is 0. The predicted octanol–water partition coefficient (Wildman–Crippen LogP) is 5.45. The van der Waals surface area contributed by atoms with Gasteiger partial charge in [0.25, 0.3) is 11.1 Å². The summed E-state index contributed by atoms with van der Waals surface area (Å²) in [5.74, 6) is -0.0468. The molecule has 2 aliphatic rings. The zero-order valence-corrected chi connectivity index (χ0v) is 21.0. The molecule has 32 heavy (non-hydrogen) atoms. The second-order valence-corrected chi connectivity index (χ2v) is 10.3. The minimum atomic E-state index is -0.452. The Labute approximate surface area is 207 Å². The van der Waals surface area contributed by atoms with Crippen LogP contribution in [0.25, 0.3) is 6.08 Å². The van der Waals surface area contributed by atoms with E-state index in [2.05, 4.69) is 31.9 Å². The molecular formula is C23H20Br2N2O4S. The summed E-state index contributed by atoms with van der Waals surface area (Å²) in [5.41, 5.74) is 1.68. The lowest BCUT2D eigenvalue weighted by atomic mass is 10.1. The van der Waals surface area contributed by atoms with Gasteiger partial charge < -0.3 is 9.64 Å². The van der Waals surface area contributed by atoms with E-state index in [1.165, 1.54) is 0 Å². The fourth-order valence-corrected chi connectivity index (χ4v) is 4.96. The smallest absolute Gasteiger partial charge is 0.294 e. The van der Waals surface area contributed by atoms with E-state index in [0.717, 1.165) is 44.0 Å². The number of imide groups is 1. The largest absolute Gasteiger partial charge is 0.488 e. The molecule has 2 fully saturated rings. The summed E-state index contributed by atoms with van der Waals surface area (Å²) in [5, 5.41) is -0.430. The van der Waals surface area contributed by atoms with E-state index in [1.54, 1.807) is 11.0 Å². The summed E-state index contributed by atoms with van der Waals surface area (Å²) in [7, 11) is 0. The van der Waals surface area contributed by atoms with Crippen LogP contribution in [-0.2, 0) is 16.2 Å². The number of hydrogen-bond acceptors (Lipinski definition) is 5. The average Bonchev–Trinajstić information content (AvgIpc) is 3.39. The van der Waals surface area contributed by atoms with Crippen LogP contribution in [0.15, 0.2) is 56.3 Å². The lowest BCUT2D eigenvalue weighted by Crippen LogP contribution is -2.40. The molecule has 0 bridgehead atoms. The first-order valence-corrected chi connectivity index (χ1v) is 12.5. The van der Waals surface area contributed by atoms with Gasteiger partial charge in [0, 0.05) is 27.6 Å². The third kappa shape index (κ3) is 5.44. The molecule has 0 aliphatic carbocycles. The number of carbonyl (C=O) groups is 3. The van der Waals surface area contributed by atoms with Crippen molar-refractivity contribution in [2.75, 3.05) is 19.6 Å². The van der Waals surface area contributed by atoms with E-state index >= 15 is 0 Å². The molecule has 0 radical (unpaired) electrons. The summed E-state index contributed by atoms with van der Waals surface area (Å²) in [4.78, 5) is 40.7. The van der Waals surface area contributed by atoms with E-state index in [4.69, 9.17) is 4.74 Å². The molecule has 9 heteroatoms. The van der Waals surface area contributed by atoms with Crippen LogP contribution in [0.4, 0.5) is 4.79 Å². The highest BCUT2D eigenvalue weighted by Crippen LogP contribution is 2.35. The first-order chi connectivity index (χ1) is 15.4. The molecule has 0 saturated carbocycles. The Kier molecular flexibility index (Phi) is 7.37. The lowest BCUT2D eigenvalue weighted by Gasteiger charge is -2.18. The SMILES string of the molecule is O=C(CN1C(=O)S/C(=C/c2cc(Br)ccc2OCc2ccc(Br)cc2)C1=O)N1CCCC1. The Hall–Kier alpha value is -2.10. The van der Waals surface area contributed by atoms with Crippen molar-refractivity contribution in [3.8, 4) is 5.75 Å². The number of nitrogens with zero attached hydrogens (tertiary/aromatic N) is 2. The van der Waals surface area contributed by atoms with Crippen LogP contribution >= 0.6 is 43.6 Å². The van der Waals surface area contributed by atoms with Crippen molar-refractivity contribution in [2.45, 2.75) is 19.4 Å². The van der Waals surface area contributed by atoms with Crippen molar-refractivity contribution in [3.05, 3.63) is 67.4 Å². The molecule has 2 aliphatic heterocycles. The zero-order chi connectivity index (χ0) is 22.7. The van der Waals surface area contributed by atoms with Gasteiger partial charge in [-0.05, 0) is 66.6 Å². The molecule has 2 aromatic rings. The highest BCUT2D eigenvalue weighted by molar-refractivity contribution is 9.10. The highest BCUT2D eigenvalue weighted by atomic mass is 79.9. The molecule has 0 spiro atoms. The maximum atomic E-state index is 12.9. The standard InChI is InChI=1S/C23H20Br2N2O4S/c24-17-5-3-15(4-6-17)14-31-19-8-7-18(25)11-16(19)12-20-22(29)27(23(30)32-20)13-21(28)26-9-1-2-10-26/h3-8,11-12H,1-2,9-10,13-14H2/b20-12+. The summed E-state index contributed by atoms with van der Waals surface area (Å²) >= 11 is 7.71. The van der Waals surface area contributed by atoms with Gasteiger partial charge in [-0.3, -0.25) is 19.3 Å². The molecule has 0 atom stereocenters. The Morgan fingerprint density at radius 1 is 1.03 bits per heavy atom. The van der Waals surface area contributed by atoms with Gasteiger partial charge in [-0.15, -0.1) is 0 Å². The van der Waals surface area contributed by atoms with Gasteiger partial charge >= 0.3 is 0 Å². The van der Waals surface area contributed by atoms with Crippen LogP contribution in [0.2, 0.25) is 0 Å². The lowest BCUT2D eigenvalue weighted by molar-refractivity contribution is -0.135. The number of likely N-dealkylation sites (tertiary alicyclic amines) is 1. The third-order valence-electron chi connectivity index (χ3n) is 5.19. The van der Waals surface area contributed by atoms with Gasteiger partial charge in [-0.2, -0.15) is 0 Å². The van der Waals surface area contributed by atoms with E-state index in [0.29, 0.717) is 31.0 Å². The Bertz CT molecular complexity index is 1080. The Morgan fingerprint density at radius 2 is 1.72 bits per heavy atom. The van der Waals surface area contributed by atoms with Gasteiger partial charge in [0.1, 0.15) is 18.9 Å². The fraction of sp³-hybridized carbons (Fsp3) is 0.261. The molecule has 0 unspecified atom stereocenters. The van der Waals surface area contributed by atoms with Crippen LogP contribution in [0.5, 0.6) is 5.75 Å². The normalized spacial score (nSPS) is 17.5. The van der Waals surface area contributed by atoms with Crippen molar-refractivity contribution in [2.24, 2.45) is 0 Å². The average molecular weight is 580 g/mol. The van der Waals surface area contributed by atoms with E-state index < -0.39 is 11.1 Å². The van der Waals surface area contributed by atoms with E-state index in [-0.39, 0.29) is 17.4 Å². The first kappa shape index (κ1) is 23.1. The van der Waals surface area contributed by atoms with Crippen molar-refractivity contribution in [1.29, 1.82) is 0 Å². The van der Waals surface area contributed by atoms with E-state index in [1.807, 2.05) is 42.5 Å². The zero-order valence-electron chi connectivity index (χ0n) is 17.1. The van der Waals surface area contributed by atoms with Crippen LogP contribution in [-0.4, -0.2) is 46.5 Å². The maximum absolute atomic E-state index is 12.9. The van der Waals surface area contributed by atoms with Gasteiger partial charge in [0.15, 0.2) is 0 Å². The number of benzene rings is 2. The molecule has 0 aromatic heterocycles. The predicted molar refractivity (Wildman–Crippen MR) is 131 cm³/mol. The fourth-order valence-electron chi connectivity index (χ4n) is 3.48. The Morgan fingerprint density at radius 3 is 2.44 bits per heavy atom. The quantitative estimate of drug-likeness (QED) is 0.426. The topological polar surface area (TPSA) is 66.9 Å². The summed E-state index contributed by atoms with van der Waals surface area (Å²) in [6.07, 6.45) is 3.56. The highest BCUT2D eigenvalue weighted by Gasteiger charge is 2.37. The number of rotatable bonds is 6. The number of ether oxygens (including phenoxy) is 1. The van der Waals surface area contributed by atoms with Gasteiger partial charge in [-0.25, -0.2) is 0 Å². The summed E-state index contributed by atoms with van der Waals surface area (Å²) in [6, 6.07) is 13.3. The molecule has 166 valence electrons. The van der Waals surface area contributed by atoms with Crippen LogP contribution in [0.1, 0.15) is 24.0 Å². The van der Waals surface area contributed by atoms with Crippen LogP contribution in [0, 0.1) is 0 Å². The van der Waals surface area contributed by atoms with Gasteiger partial charge in [0.2, 0.25) is 5.91 Å². The number of halogens is 2. The molecule has 2 aromatic carbocycles. The third-order valence-corrected chi connectivity index (χ3v) is 7.12. The van der Waals surface area contributed by atoms with Crippen molar-refractivity contribution < 1.29 is 19.1 Å². The molecule has 6 nitrogen and oxygen atoms in total. The molecular weight excluding hydrogens is 560 g/mol. The number of carbonyl (C=O) groups excluding carboxylic acids is 3. The maximum Gasteiger partial charge on any atom is 0.294 e. The minimum absolute atomic E-state index is 0.188. The molecule has 2 heterocycles. The van der Waals surface area contributed by atoms with Crippen molar-refractivity contribution in [3.63, 3.8) is 0 Å². The second-order valence-electron chi connectivity index (χ2n) is 7.45. The monoisotopic (exact) mass is 578 g/mol. The van der Waals surface area contributed by atoms with Crippen molar-refractivity contribution in [1.82, 2.24) is 9.80 Å². The second kappa shape index (κ2) is 10.2. The minimum Gasteiger partial charge on any atom is -0.488 e. The van der Waals surface area contributed by atoms with Gasteiger partial charge in [0.05, 0.1) is 4.91 Å². The number of amides is 3. The first-order valence-electron chi connectivity index (χ1n) is 10.1. The number of thioether (sulfide) groups is 1. The van der Waals surface area contributed by atoms with Gasteiger partial charge in [-0.1, -0.05) is 44.0 Å². The molecule has 2 saturated heterocycles. The molecule has 3 amide bonds. The van der Waals surface area contributed by atoms with E-state index in [9.17, 15) is 14.4 Å². The van der Waals surface area contributed by atoms with Crippen LogP contribution in [0.3, 0.4) is 0 Å². The van der Waals surface area contributed by atoms with Crippen LogP contribution < -0.4 is 4.74 Å². The molecule has 4 rings (SSSR count). The van der Waals surface area contributed by atoms with Crippen molar-refractivity contribution >= 4 is 66.8 Å².